The summed E-state index contributed by atoms with van der Waals surface area (Å²) in [5.74, 6) is -2.00. The van der Waals surface area contributed by atoms with Crippen molar-refractivity contribution in [2.24, 2.45) is 0 Å². The second-order valence-electron chi connectivity index (χ2n) is 7.41. The van der Waals surface area contributed by atoms with E-state index in [1.165, 1.54) is 0 Å². The molecule has 1 heterocycles. The minimum absolute atomic E-state index is 0.0626. The van der Waals surface area contributed by atoms with E-state index in [-0.39, 0.29) is 24.1 Å². The van der Waals surface area contributed by atoms with Crippen LogP contribution in [0.4, 0.5) is 9.93 Å². The number of carbonyl (C=O) groups is 3. The average Bonchev–Trinajstić information content (AvgIpc) is 3.37. The molecule has 0 unspecified atom stereocenters. The Kier molecular flexibility index (Phi) is 6.66. The average molecular weight is 468 g/mol. The van der Waals surface area contributed by atoms with E-state index in [0.717, 1.165) is 33.6 Å². The van der Waals surface area contributed by atoms with Gasteiger partial charge >= 0.3 is 12.1 Å². The number of nitrogens with zero attached hydrogens (tertiary/aromatic N) is 1. The Morgan fingerprint density at radius 2 is 1.70 bits per heavy atom. The quantitative estimate of drug-likeness (QED) is 0.399. The molecule has 3 aromatic rings. The largest absolute Gasteiger partial charge is 0.480 e. The molecule has 0 saturated heterocycles. The van der Waals surface area contributed by atoms with E-state index in [9.17, 15) is 14.4 Å². The number of carboxylic acids is 1. The minimum atomic E-state index is -1.38. The first kappa shape index (κ1) is 22.4. The summed E-state index contributed by atoms with van der Waals surface area (Å²) in [7, 11) is 0. The van der Waals surface area contributed by atoms with Gasteiger partial charge in [-0.2, -0.15) is 0 Å². The summed E-state index contributed by atoms with van der Waals surface area (Å²) >= 11 is 1.12. The first-order valence-corrected chi connectivity index (χ1v) is 11.0. The van der Waals surface area contributed by atoms with Gasteiger partial charge in [0.1, 0.15) is 12.6 Å². The van der Waals surface area contributed by atoms with Crippen LogP contribution in [0.3, 0.4) is 0 Å². The second kappa shape index (κ2) is 9.80. The number of rotatable bonds is 8. The summed E-state index contributed by atoms with van der Waals surface area (Å²) in [5, 5.41) is 24.4. The van der Waals surface area contributed by atoms with Crippen LogP contribution in [-0.2, 0) is 20.7 Å². The van der Waals surface area contributed by atoms with E-state index in [1.807, 2.05) is 36.4 Å². The zero-order chi connectivity index (χ0) is 23.4. The molecule has 0 spiro atoms. The Balaban J connectivity index is 1.33. The monoisotopic (exact) mass is 467 g/mol. The van der Waals surface area contributed by atoms with Crippen LogP contribution in [0.5, 0.6) is 0 Å². The third kappa shape index (κ3) is 5.02. The van der Waals surface area contributed by atoms with E-state index in [2.05, 4.69) is 27.8 Å². The molecule has 10 heteroatoms. The molecule has 0 saturated carbocycles. The number of thiazole rings is 1. The number of aliphatic carboxylic acids is 1. The molecule has 1 aliphatic rings. The number of carboxylic acid groups (broad SMARTS) is 1. The molecule has 33 heavy (non-hydrogen) atoms. The van der Waals surface area contributed by atoms with E-state index >= 15 is 0 Å². The van der Waals surface area contributed by atoms with Crippen molar-refractivity contribution in [2.45, 2.75) is 18.4 Å². The fourth-order valence-electron chi connectivity index (χ4n) is 3.76. The Morgan fingerprint density at radius 1 is 1.06 bits per heavy atom. The number of hydrogen-bond donors (Lipinski definition) is 4. The molecule has 0 bridgehead atoms. The molecule has 9 nitrogen and oxygen atoms in total. The van der Waals surface area contributed by atoms with Crippen LogP contribution >= 0.6 is 11.3 Å². The van der Waals surface area contributed by atoms with Crippen molar-refractivity contribution < 1.29 is 29.3 Å². The van der Waals surface area contributed by atoms with E-state index in [0.29, 0.717) is 5.69 Å². The molecule has 170 valence electrons. The summed E-state index contributed by atoms with van der Waals surface area (Å²) < 4.78 is 5.47. The number of benzene rings is 2. The number of amides is 2. The lowest BCUT2D eigenvalue weighted by atomic mass is 9.98. The molecule has 1 aromatic heterocycles. The first-order chi connectivity index (χ1) is 16.0. The molecule has 2 amide bonds. The third-order valence-electron chi connectivity index (χ3n) is 5.26. The highest BCUT2D eigenvalue weighted by atomic mass is 32.1. The molecular weight excluding hydrogens is 446 g/mol. The van der Waals surface area contributed by atoms with Gasteiger partial charge in [-0.15, -0.1) is 11.3 Å². The van der Waals surface area contributed by atoms with Gasteiger partial charge in [-0.25, -0.2) is 14.6 Å². The Morgan fingerprint density at radius 3 is 2.30 bits per heavy atom. The summed E-state index contributed by atoms with van der Waals surface area (Å²) in [6.45, 7) is -0.551. The molecule has 4 N–H and O–H groups in total. The van der Waals surface area contributed by atoms with E-state index < -0.39 is 30.6 Å². The fourth-order valence-corrected chi connectivity index (χ4v) is 4.46. The van der Waals surface area contributed by atoms with Crippen molar-refractivity contribution in [3.63, 3.8) is 0 Å². The number of aliphatic hydroxyl groups is 1. The number of anilines is 1. The standard InChI is InChI=1S/C23H21N3O6S/c27-10-19(21(29)30)25-20(28)9-13-12-33-22(24-13)26-23(31)32-11-18-16-7-3-1-5-14(16)15-6-2-4-8-17(15)18/h1-8,12,18-19,27H,9-11H2,(H,25,28)(H,29,30)(H,24,26,31)/t19-/m0/s1. The van der Waals surface area contributed by atoms with Crippen LogP contribution in [0.1, 0.15) is 22.7 Å². The highest BCUT2D eigenvalue weighted by Gasteiger charge is 2.29. The van der Waals surface area contributed by atoms with Crippen LogP contribution in [0, 0.1) is 0 Å². The maximum atomic E-state index is 12.3. The zero-order valence-corrected chi connectivity index (χ0v) is 18.2. The normalized spacial score (nSPS) is 13.0. The van der Waals surface area contributed by atoms with Crippen LogP contribution < -0.4 is 10.6 Å². The molecule has 2 aromatic carbocycles. The molecule has 0 radical (unpaired) electrons. The molecular formula is C23H21N3O6S. The van der Waals surface area contributed by atoms with Crippen molar-refractivity contribution in [1.82, 2.24) is 10.3 Å². The van der Waals surface area contributed by atoms with Crippen molar-refractivity contribution in [1.29, 1.82) is 0 Å². The Hall–Kier alpha value is -3.76. The van der Waals surface area contributed by atoms with E-state index in [1.54, 1.807) is 5.38 Å². The van der Waals surface area contributed by atoms with E-state index in [4.69, 9.17) is 14.9 Å². The predicted octanol–water partition coefficient (Wildman–Crippen LogP) is 2.61. The van der Waals surface area contributed by atoms with Gasteiger partial charge in [0.2, 0.25) is 5.91 Å². The summed E-state index contributed by atoms with van der Waals surface area (Å²) in [6, 6.07) is 14.7. The van der Waals surface area contributed by atoms with Gasteiger partial charge < -0.3 is 20.3 Å². The number of ether oxygens (including phenoxy) is 1. The number of carbonyl (C=O) groups excluding carboxylic acids is 2. The summed E-state index contributed by atoms with van der Waals surface area (Å²) in [5.41, 5.74) is 4.84. The highest BCUT2D eigenvalue weighted by molar-refractivity contribution is 7.13. The minimum Gasteiger partial charge on any atom is -0.480 e. The van der Waals surface area contributed by atoms with Crippen LogP contribution in [0.15, 0.2) is 53.9 Å². The van der Waals surface area contributed by atoms with Gasteiger partial charge in [-0.1, -0.05) is 48.5 Å². The second-order valence-corrected chi connectivity index (χ2v) is 8.27. The van der Waals surface area contributed by atoms with Crippen molar-refractivity contribution in [3.05, 3.63) is 70.7 Å². The third-order valence-corrected chi connectivity index (χ3v) is 6.07. The highest BCUT2D eigenvalue weighted by Crippen LogP contribution is 2.44. The summed E-state index contributed by atoms with van der Waals surface area (Å²) in [4.78, 5) is 39.3. The number of aromatic nitrogens is 1. The van der Waals surface area contributed by atoms with Gasteiger partial charge in [0.15, 0.2) is 5.13 Å². The lowest BCUT2D eigenvalue weighted by Crippen LogP contribution is -2.43. The smallest absolute Gasteiger partial charge is 0.413 e. The summed E-state index contributed by atoms with van der Waals surface area (Å²) in [6.07, 6.45) is -0.847. The number of hydrogen-bond acceptors (Lipinski definition) is 7. The van der Waals surface area contributed by atoms with Gasteiger partial charge in [-0.3, -0.25) is 10.1 Å². The SMILES string of the molecule is O=C(Cc1csc(NC(=O)OCC2c3ccccc3-c3ccccc32)n1)N[C@@H](CO)C(=O)O. The first-order valence-electron chi connectivity index (χ1n) is 10.2. The fraction of sp³-hybridized carbons (Fsp3) is 0.217. The molecule has 1 aliphatic carbocycles. The van der Waals surface area contributed by atoms with Gasteiger partial charge in [0.25, 0.3) is 0 Å². The van der Waals surface area contributed by atoms with Gasteiger partial charge in [-0.05, 0) is 22.3 Å². The Labute approximate surface area is 193 Å². The molecule has 4 rings (SSSR count). The predicted molar refractivity (Wildman–Crippen MR) is 121 cm³/mol. The van der Waals surface area contributed by atoms with Crippen molar-refractivity contribution >= 4 is 34.4 Å². The van der Waals surface area contributed by atoms with Gasteiger partial charge in [0.05, 0.1) is 18.7 Å². The lowest BCUT2D eigenvalue weighted by molar-refractivity contribution is -0.142. The van der Waals surface area contributed by atoms with Crippen LogP contribution in [0.25, 0.3) is 11.1 Å². The Bertz CT molecular complexity index is 1150. The van der Waals surface area contributed by atoms with Crippen LogP contribution in [0.2, 0.25) is 0 Å². The number of aliphatic hydroxyl groups excluding tert-OH is 1. The zero-order valence-electron chi connectivity index (χ0n) is 17.4. The topological polar surface area (TPSA) is 138 Å². The molecule has 1 atom stereocenters. The van der Waals surface area contributed by atoms with Crippen molar-refractivity contribution in [2.75, 3.05) is 18.5 Å². The maximum Gasteiger partial charge on any atom is 0.413 e. The number of nitrogens with one attached hydrogen (secondary N) is 2. The number of fused-ring (bicyclic) bond motifs is 3. The van der Waals surface area contributed by atoms with Gasteiger partial charge in [0, 0.05) is 11.3 Å². The maximum absolute atomic E-state index is 12.3. The van der Waals surface area contributed by atoms with Crippen molar-refractivity contribution in [3.8, 4) is 11.1 Å². The molecule has 0 aliphatic heterocycles. The lowest BCUT2D eigenvalue weighted by Gasteiger charge is -2.14. The molecule has 0 fully saturated rings. The van der Waals surface area contributed by atoms with Crippen LogP contribution in [-0.4, -0.2) is 52.4 Å².